The van der Waals surface area contributed by atoms with Crippen molar-refractivity contribution in [1.82, 2.24) is 0 Å². The van der Waals surface area contributed by atoms with E-state index in [1.54, 1.807) is 0 Å². The fourth-order valence-corrected chi connectivity index (χ4v) is 8.95. The van der Waals surface area contributed by atoms with Crippen LogP contribution >= 0.6 is 0 Å². The molecule has 2 N–H and O–H groups in total. The number of carbonyl (C=O) groups is 1. The van der Waals surface area contributed by atoms with Crippen molar-refractivity contribution in [3.63, 3.8) is 0 Å². The lowest BCUT2D eigenvalue weighted by atomic mass is 9.43. The van der Waals surface area contributed by atoms with Crippen LogP contribution in [-0.4, -0.2) is 41.9 Å². The van der Waals surface area contributed by atoms with Crippen LogP contribution in [0.5, 0.6) is 0 Å². The van der Waals surface area contributed by atoms with E-state index in [-0.39, 0.29) is 53.4 Å². The number of aliphatic hydroxyl groups excluding tert-OH is 1. The maximum absolute atomic E-state index is 15.8. The van der Waals surface area contributed by atoms with Gasteiger partial charge < -0.3 is 14.9 Å². The molecule has 0 saturated heterocycles. The van der Waals surface area contributed by atoms with Crippen LogP contribution in [0.3, 0.4) is 0 Å². The van der Waals surface area contributed by atoms with Crippen molar-refractivity contribution in [2.24, 2.45) is 52.3 Å². The number of carboxylic acid groups (broad SMARTS) is 1. The van der Waals surface area contributed by atoms with E-state index >= 15 is 8.78 Å². The van der Waals surface area contributed by atoms with Gasteiger partial charge in [-0.3, -0.25) is 4.79 Å². The van der Waals surface area contributed by atoms with Crippen LogP contribution in [0.2, 0.25) is 0 Å². The van der Waals surface area contributed by atoms with E-state index in [1.165, 1.54) is 7.11 Å². The molecule has 0 bridgehead atoms. The predicted molar refractivity (Wildman–Crippen MR) is 114 cm³/mol. The second-order valence-electron chi connectivity index (χ2n) is 11.8. The molecule has 10 atom stereocenters. The molecule has 4 aliphatic carbocycles. The highest BCUT2D eigenvalue weighted by Crippen LogP contribution is 2.71. The molecule has 0 aromatic rings. The third-order valence-electron chi connectivity index (χ3n) is 10.6. The summed E-state index contributed by atoms with van der Waals surface area (Å²) in [4.78, 5) is 11.9. The minimum absolute atomic E-state index is 0.00451. The molecule has 0 aliphatic heterocycles. The van der Waals surface area contributed by atoms with E-state index in [2.05, 4.69) is 13.8 Å². The van der Waals surface area contributed by atoms with Gasteiger partial charge in [0.2, 0.25) is 0 Å². The van der Waals surface area contributed by atoms with E-state index < -0.39 is 29.8 Å². The predicted octanol–water partition coefficient (Wildman–Crippen LogP) is 5.23. The number of ether oxygens (including phenoxy) is 1. The van der Waals surface area contributed by atoms with Crippen LogP contribution < -0.4 is 0 Å². The van der Waals surface area contributed by atoms with Crippen molar-refractivity contribution in [2.45, 2.75) is 84.2 Å². The number of carboxylic acids is 1. The summed E-state index contributed by atoms with van der Waals surface area (Å²) in [5.41, 5.74) is -0.362. The summed E-state index contributed by atoms with van der Waals surface area (Å²) in [6, 6.07) is 0. The van der Waals surface area contributed by atoms with Crippen LogP contribution in [0.15, 0.2) is 0 Å². The lowest BCUT2D eigenvalue weighted by molar-refractivity contribution is -0.238. The fraction of sp³-hybridized carbons (Fsp3) is 0.960. The lowest BCUT2D eigenvalue weighted by Crippen LogP contribution is -2.61. The Labute approximate surface area is 185 Å². The number of hydrogen-bond donors (Lipinski definition) is 2. The molecule has 0 aromatic carbocycles. The van der Waals surface area contributed by atoms with Crippen LogP contribution in [0.25, 0.3) is 0 Å². The van der Waals surface area contributed by atoms with E-state index in [0.717, 1.165) is 38.5 Å². The minimum Gasteiger partial charge on any atom is -0.481 e. The van der Waals surface area contributed by atoms with Crippen molar-refractivity contribution in [2.75, 3.05) is 13.7 Å². The Morgan fingerprint density at radius 1 is 1.10 bits per heavy atom. The van der Waals surface area contributed by atoms with Gasteiger partial charge in [-0.15, -0.1) is 0 Å². The molecule has 6 heteroatoms. The number of alkyl halides is 2. The van der Waals surface area contributed by atoms with Crippen molar-refractivity contribution < 1.29 is 28.5 Å². The quantitative estimate of drug-likeness (QED) is 0.611. The molecule has 4 rings (SSSR count). The number of aliphatic hydroxyl groups is 1. The van der Waals surface area contributed by atoms with Gasteiger partial charge in [0.1, 0.15) is 0 Å². The zero-order valence-electron chi connectivity index (χ0n) is 19.4. The van der Waals surface area contributed by atoms with E-state index in [0.29, 0.717) is 6.42 Å². The van der Waals surface area contributed by atoms with E-state index in [4.69, 9.17) is 4.74 Å². The number of fused-ring (bicyclic) bond motifs is 5. The molecule has 3 unspecified atom stereocenters. The highest BCUT2D eigenvalue weighted by Gasteiger charge is 2.68. The van der Waals surface area contributed by atoms with Gasteiger partial charge in [0, 0.05) is 19.4 Å². The standard InChI is InChI=1S/C25H40F2O4/c1-14(17(13-31-4)22(29)30)18-5-6-19-21-20(8-10-24(18,19)3)23(2)9-7-16(28)11-15(23)12-25(21,26)27/h14-21,28H,5-13H2,1-4H3,(H,29,30)/t14-,15+,16-,17-,18-,19?,20?,21?,23+,24-/m1/s1. The number of aliphatic carboxylic acids is 1. The topological polar surface area (TPSA) is 66.8 Å². The Hall–Kier alpha value is -0.750. The second-order valence-corrected chi connectivity index (χ2v) is 11.8. The Morgan fingerprint density at radius 2 is 1.74 bits per heavy atom. The number of methoxy groups -OCH3 is 1. The molecule has 4 aliphatic rings. The monoisotopic (exact) mass is 442 g/mol. The van der Waals surface area contributed by atoms with Crippen LogP contribution in [0, 0.1) is 52.3 Å². The van der Waals surface area contributed by atoms with Gasteiger partial charge in [-0.25, -0.2) is 8.78 Å². The van der Waals surface area contributed by atoms with Gasteiger partial charge in [0.05, 0.1) is 18.6 Å². The summed E-state index contributed by atoms with van der Waals surface area (Å²) in [5, 5.41) is 19.9. The first-order valence-corrected chi connectivity index (χ1v) is 12.2. The third-order valence-corrected chi connectivity index (χ3v) is 10.6. The first kappa shape index (κ1) is 23.4. The van der Waals surface area contributed by atoms with Crippen molar-refractivity contribution in [3.05, 3.63) is 0 Å². The average Bonchev–Trinajstić information content (AvgIpc) is 3.03. The summed E-state index contributed by atoms with van der Waals surface area (Å²) < 4.78 is 36.7. The molecule has 0 spiro atoms. The van der Waals surface area contributed by atoms with E-state index in [1.807, 2.05) is 6.92 Å². The largest absolute Gasteiger partial charge is 0.481 e. The number of hydrogen-bond acceptors (Lipinski definition) is 3. The number of rotatable bonds is 5. The zero-order valence-corrected chi connectivity index (χ0v) is 19.4. The molecule has 31 heavy (non-hydrogen) atoms. The van der Waals surface area contributed by atoms with Gasteiger partial charge in [0.15, 0.2) is 0 Å². The molecule has 0 heterocycles. The lowest BCUT2D eigenvalue weighted by Gasteiger charge is -2.63. The SMILES string of the molecule is COC[C@@H](C(=O)O)[C@@H](C)[C@H]1CCC2C3C(CC[C@@]21C)[C@@]1(C)CC[C@@H](O)C[C@H]1CC3(F)F. The van der Waals surface area contributed by atoms with Gasteiger partial charge >= 0.3 is 5.97 Å². The average molecular weight is 443 g/mol. The summed E-state index contributed by atoms with van der Waals surface area (Å²) >= 11 is 0. The van der Waals surface area contributed by atoms with Gasteiger partial charge in [-0.05, 0) is 85.4 Å². The molecule has 0 aromatic heterocycles. The molecule has 4 nitrogen and oxygen atoms in total. The van der Waals surface area contributed by atoms with Gasteiger partial charge in [-0.1, -0.05) is 20.8 Å². The molecular formula is C25H40F2O4. The summed E-state index contributed by atoms with van der Waals surface area (Å²) in [6.07, 6.45) is 4.82. The molecule has 4 fully saturated rings. The minimum atomic E-state index is -2.71. The van der Waals surface area contributed by atoms with Crippen molar-refractivity contribution in [3.8, 4) is 0 Å². The fourth-order valence-electron chi connectivity index (χ4n) is 8.95. The summed E-state index contributed by atoms with van der Waals surface area (Å²) in [6.45, 7) is 6.54. The third kappa shape index (κ3) is 3.55. The second kappa shape index (κ2) is 7.93. The zero-order chi connectivity index (χ0) is 22.8. The molecule has 0 radical (unpaired) electrons. The molecular weight excluding hydrogens is 402 g/mol. The molecule has 178 valence electrons. The Morgan fingerprint density at radius 3 is 2.39 bits per heavy atom. The highest BCUT2D eigenvalue weighted by molar-refractivity contribution is 5.70. The molecule has 4 saturated carbocycles. The van der Waals surface area contributed by atoms with Crippen LogP contribution in [-0.2, 0) is 9.53 Å². The van der Waals surface area contributed by atoms with Crippen LogP contribution in [0.1, 0.15) is 72.1 Å². The number of halogens is 2. The maximum Gasteiger partial charge on any atom is 0.309 e. The normalized spacial score (nSPS) is 48.2. The maximum atomic E-state index is 15.8. The van der Waals surface area contributed by atoms with Crippen molar-refractivity contribution >= 4 is 5.97 Å². The summed E-state index contributed by atoms with van der Waals surface area (Å²) in [7, 11) is 1.52. The summed E-state index contributed by atoms with van der Waals surface area (Å²) in [5.74, 6) is -4.93. The smallest absolute Gasteiger partial charge is 0.309 e. The Bertz CT molecular complexity index is 699. The highest BCUT2D eigenvalue weighted by atomic mass is 19.3. The Kier molecular flexibility index (Phi) is 5.99. The van der Waals surface area contributed by atoms with Gasteiger partial charge in [0.25, 0.3) is 5.92 Å². The van der Waals surface area contributed by atoms with E-state index in [9.17, 15) is 15.0 Å². The van der Waals surface area contributed by atoms with Crippen molar-refractivity contribution in [1.29, 1.82) is 0 Å². The first-order valence-electron chi connectivity index (χ1n) is 12.2. The first-order chi connectivity index (χ1) is 14.5. The van der Waals surface area contributed by atoms with Gasteiger partial charge in [-0.2, -0.15) is 0 Å². The Balaban J connectivity index is 1.64. The van der Waals surface area contributed by atoms with Crippen LogP contribution in [0.4, 0.5) is 8.78 Å². The molecule has 0 amide bonds.